The van der Waals surface area contributed by atoms with Gasteiger partial charge in [0.25, 0.3) is 0 Å². The lowest BCUT2D eigenvalue weighted by Gasteiger charge is -2.36. The van der Waals surface area contributed by atoms with E-state index in [4.69, 9.17) is 14.5 Å². The van der Waals surface area contributed by atoms with Crippen molar-refractivity contribution in [1.82, 2.24) is 0 Å². The highest BCUT2D eigenvalue weighted by atomic mass is 16.7. The zero-order valence-corrected chi connectivity index (χ0v) is 22.0. The van der Waals surface area contributed by atoms with E-state index in [0.29, 0.717) is 12.1 Å². The molecule has 0 aromatic heterocycles. The maximum Gasteiger partial charge on any atom is 0.227 e. The summed E-state index contributed by atoms with van der Waals surface area (Å²) in [6.07, 6.45) is 3.61. The summed E-state index contributed by atoms with van der Waals surface area (Å²) in [6.45, 7) is 15.0. The number of aryl methyl sites for hydroxylation is 1. The normalized spacial score (nSPS) is 35.3. The first kappa shape index (κ1) is 23.7. The van der Waals surface area contributed by atoms with Crippen molar-refractivity contribution in [2.24, 2.45) is 10.4 Å². The third kappa shape index (κ3) is 3.02. The number of rotatable bonds is 2. The Morgan fingerprint density at radius 3 is 2.31 bits per heavy atom. The number of allylic oxidation sites excluding steroid dienone is 2. The fourth-order valence-electron chi connectivity index (χ4n) is 6.61. The molecule has 0 amide bonds. The summed E-state index contributed by atoms with van der Waals surface area (Å²) < 4.78 is 13.6. The summed E-state index contributed by atoms with van der Waals surface area (Å²) >= 11 is 0. The molecule has 1 fully saturated rings. The minimum Gasteiger partial charge on any atom is -0.465 e. The zero-order chi connectivity index (χ0) is 25.2. The summed E-state index contributed by atoms with van der Waals surface area (Å²) in [5, 5.41) is 9.31. The van der Waals surface area contributed by atoms with E-state index < -0.39 is 11.2 Å². The van der Waals surface area contributed by atoms with Gasteiger partial charge in [-0.2, -0.15) is 0 Å². The van der Waals surface area contributed by atoms with E-state index in [9.17, 15) is 5.41 Å². The van der Waals surface area contributed by atoms with E-state index in [1.165, 1.54) is 5.57 Å². The third-order valence-electron chi connectivity index (χ3n) is 8.97. The van der Waals surface area contributed by atoms with E-state index in [2.05, 4.69) is 71.9 Å². The van der Waals surface area contributed by atoms with Gasteiger partial charge in [0.1, 0.15) is 0 Å². The van der Waals surface area contributed by atoms with Crippen LogP contribution in [0.3, 0.4) is 0 Å². The van der Waals surface area contributed by atoms with Gasteiger partial charge in [-0.15, -0.1) is 0 Å². The molecule has 2 heterocycles. The maximum atomic E-state index is 9.31. The number of nitrogens with zero attached hydrogens (tertiary/aromatic N) is 1. The molecule has 182 valence electrons. The van der Waals surface area contributed by atoms with Crippen LogP contribution in [0.4, 0.5) is 0 Å². The average molecular weight is 469 g/mol. The van der Waals surface area contributed by atoms with E-state index in [1.807, 2.05) is 31.3 Å². The highest BCUT2D eigenvalue weighted by molar-refractivity contribution is 6.16. The van der Waals surface area contributed by atoms with Crippen LogP contribution in [0.1, 0.15) is 76.6 Å². The van der Waals surface area contributed by atoms with Gasteiger partial charge in [-0.05, 0) is 64.2 Å². The SMILES string of the molecule is CCC1=C(C)OC2(OC1C)C1(C)c3ccccc3C(=N)/C(C)=C(c3ccccc3C)\N=C/C[C@@]21C. The van der Waals surface area contributed by atoms with Crippen LogP contribution < -0.4 is 0 Å². The van der Waals surface area contributed by atoms with Crippen LogP contribution in [0.25, 0.3) is 5.70 Å². The zero-order valence-electron chi connectivity index (χ0n) is 22.0. The first-order valence-electron chi connectivity index (χ1n) is 12.7. The molecule has 5 rings (SSSR count). The number of nitrogens with one attached hydrogen (secondary N) is 1. The van der Waals surface area contributed by atoms with E-state index in [0.717, 1.165) is 45.7 Å². The molecule has 2 aliphatic heterocycles. The van der Waals surface area contributed by atoms with Crippen LogP contribution >= 0.6 is 0 Å². The summed E-state index contributed by atoms with van der Waals surface area (Å²) in [6, 6.07) is 16.6. The van der Waals surface area contributed by atoms with Crippen LogP contribution in [-0.2, 0) is 14.9 Å². The molecule has 1 saturated carbocycles. The van der Waals surface area contributed by atoms with Crippen molar-refractivity contribution < 1.29 is 9.47 Å². The first-order chi connectivity index (χ1) is 16.6. The Bertz CT molecular complexity index is 1320. The Balaban J connectivity index is 1.73. The standard InChI is InChI=1S/C31H36N2O2/c1-8-23-21(4)34-31(35-22(23)5)29(6)17-18-33-28(24-14-10-9-13-19(24)2)20(3)27(32)25-15-11-12-16-26(25)30(29,31)7/h9-16,18,21,32H,8,17H2,1-7H3/b28-20-,32-27?,33-18-/t21?,29-,30?,31?/m1/s1. The number of hydrogen-bond acceptors (Lipinski definition) is 4. The largest absolute Gasteiger partial charge is 0.465 e. The lowest BCUT2D eigenvalue weighted by Crippen LogP contribution is -2.38. The third-order valence-corrected chi connectivity index (χ3v) is 8.97. The van der Waals surface area contributed by atoms with E-state index >= 15 is 0 Å². The van der Waals surface area contributed by atoms with Crippen molar-refractivity contribution in [3.63, 3.8) is 0 Å². The first-order valence-corrected chi connectivity index (χ1v) is 12.7. The molecule has 35 heavy (non-hydrogen) atoms. The lowest BCUT2D eigenvalue weighted by molar-refractivity contribution is -0.208. The molecule has 0 radical (unpaired) electrons. The minimum absolute atomic E-state index is 0.0222. The highest BCUT2D eigenvalue weighted by Gasteiger charge is 2.88. The Labute approximate surface area is 209 Å². The maximum absolute atomic E-state index is 9.31. The molecule has 3 aliphatic rings. The van der Waals surface area contributed by atoms with Gasteiger partial charge in [0.15, 0.2) is 0 Å². The Kier molecular flexibility index (Phi) is 5.45. The topological polar surface area (TPSA) is 54.7 Å². The van der Waals surface area contributed by atoms with Crippen molar-refractivity contribution in [2.45, 2.75) is 78.6 Å². The molecule has 0 bridgehead atoms. The summed E-state index contributed by atoms with van der Waals surface area (Å²) in [5.41, 5.74) is 6.87. The quantitative estimate of drug-likeness (QED) is 0.500. The van der Waals surface area contributed by atoms with Gasteiger partial charge in [0.05, 0.1) is 34.1 Å². The van der Waals surface area contributed by atoms with Crippen LogP contribution in [-0.4, -0.2) is 23.8 Å². The highest BCUT2D eigenvalue weighted by Crippen LogP contribution is 2.78. The molecule has 4 nitrogen and oxygen atoms in total. The second-order valence-corrected chi connectivity index (χ2v) is 10.6. The van der Waals surface area contributed by atoms with Crippen molar-refractivity contribution >= 4 is 17.6 Å². The number of hydrogen-bond donors (Lipinski definition) is 1. The van der Waals surface area contributed by atoms with Gasteiger partial charge in [0.2, 0.25) is 5.79 Å². The smallest absolute Gasteiger partial charge is 0.227 e. The number of fused-ring (bicyclic) bond motifs is 5. The predicted octanol–water partition coefficient (Wildman–Crippen LogP) is 7.36. The minimum atomic E-state index is -0.814. The summed E-state index contributed by atoms with van der Waals surface area (Å²) in [4.78, 5) is 5.01. The second-order valence-electron chi connectivity index (χ2n) is 10.6. The fourth-order valence-corrected chi connectivity index (χ4v) is 6.61. The molecule has 2 aromatic carbocycles. The number of ether oxygens (including phenoxy) is 2. The molecular weight excluding hydrogens is 432 g/mol. The molecule has 2 aromatic rings. The van der Waals surface area contributed by atoms with E-state index in [-0.39, 0.29) is 11.5 Å². The Morgan fingerprint density at radius 2 is 1.66 bits per heavy atom. The predicted molar refractivity (Wildman–Crippen MR) is 143 cm³/mol. The average Bonchev–Trinajstić information content (AvgIpc) is 3.23. The van der Waals surface area contributed by atoms with Crippen LogP contribution in [0.15, 0.2) is 70.4 Å². The Morgan fingerprint density at radius 1 is 1.00 bits per heavy atom. The van der Waals surface area contributed by atoms with Gasteiger partial charge in [-0.1, -0.05) is 62.4 Å². The van der Waals surface area contributed by atoms with Gasteiger partial charge < -0.3 is 9.47 Å². The molecule has 1 aliphatic carbocycles. The van der Waals surface area contributed by atoms with Gasteiger partial charge in [-0.3, -0.25) is 10.4 Å². The number of aliphatic imine (C=N–C) groups is 1. The lowest BCUT2D eigenvalue weighted by atomic mass is 9.81. The van der Waals surface area contributed by atoms with Crippen LogP contribution in [0.2, 0.25) is 0 Å². The van der Waals surface area contributed by atoms with E-state index in [1.54, 1.807) is 0 Å². The fraction of sp³-hybridized carbons (Fsp3) is 0.419. The van der Waals surface area contributed by atoms with Crippen LogP contribution in [0, 0.1) is 17.7 Å². The second kappa shape index (κ2) is 8.03. The molecular formula is C31H36N2O2. The monoisotopic (exact) mass is 468 g/mol. The molecule has 1 N–H and O–H groups in total. The van der Waals surface area contributed by atoms with Gasteiger partial charge in [0, 0.05) is 22.9 Å². The summed E-state index contributed by atoms with van der Waals surface area (Å²) in [5.74, 6) is 0.154. The molecule has 0 saturated heterocycles. The van der Waals surface area contributed by atoms with Gasteiger partial charge >= 0.3 is 0 Å². The summed E-state index contributed by atoms with van der Waals surface area (Å²) in [7, 11) is 0. The van der Waals surface area contributed by atoms with Gasteiger partial charge in [-0.25, -0.2) is 0 Å². The van der Waals surface area contributed by atoms with Crippen molar-refractivity contribution in [3.8, 4) is 0 Å². The van der Waals surface area contributed by atoms with Crippen molar-refractivity contribution in [1.29, 1.82) is 5.41 Å². The molecule has 4 heteroatoms. The molecule has 1 spiro atoms. The number of benzene rings is 2. The molecule has 3 unspecified atom stereocenters. The van der Waals surface area contributed by atoms with Crippen molar-refractivity contribution in [3.05, 3.63) is 87.7 Å². The van der Waals surface area contributed by atoms with Crippen molar-refractivity contribution in [2.75, 3.05) is 0 Å². The van der Waals surface area contributed by atoms with Crippen LogP contribution in [0.5, 0.6) is 0 Å². The Hall–Kier alpha value is -2.98. The molecule has 4 atom stereocenters.